The Morgan fingerprint density at radius 3 is 2.36 bits per heavy atom. The number of nitrogens with zero attached hydrogens (tertiary/aromatic N) is 5. The van der Waals surface area contributed by atoms with E-state index in [0.29, 0.717) is 31.7 Å². The average Bonchev–Trinajstić information content (AvgIpc) is 3.01. The lowest BCUT2D eigenvalue weighted by atomic mass is 10.1. The second kappa shape index (κ2) is 7.79. The number of hydrogen-bond acceptors (Lipinski definition) is 5. The minimum atomic E-state index is -0.518. The highest BCUT2D eigenvalue weighted by Crippen LogP contribution is 2.18. The van der Waals surface area contributed by atoms with Crippen LogP contribution in [0.4, 0.5) is 4.79 Å². The zero-order valence-electron chi connectivity index (χ0n) is 17.3. The van der Waals surface area contributed by atoms with Crippen molar-refractivity contribution in [1.29, 1.82) is 0 Å². The molecule has 28 heavy (non-hydrogen) atoms. The fourth-order valence-corrected chi connectivity index (χ4v) is 3.22. The highest BCUT2D eigenvalue weighted by Gasteiger charge is 2.28. The first-order valence-corrected chi connectivity index (χ1v) is 9.51. The number of benzene rings is 1. The van der Waals surface area contributed by atoms with Gasteiger partial charge in [-0.3, -0.25) is 9.69 Å². The molecule has 0 radical (unpaired) electrons. The summed E-state index contributed by atoms with van der Waals surface area (Å²) in [6.07, 6.45) is 1.46. The normalized spacial score (nSPS) is 15.4. The summed E-state index contributed by atoms with van der Waals surface area (Å²) >= 11 is 0. The highest BCUT2D eigenvalue weighted by molar-refractivity contribution is 5.97. The number of fused-ring (bicyclic) bond motifs is 1. The molecule has 0 bridgehead atoms. The Morgan fingerprint density at radius 2 is 1.75 bits per heavy atom. The van der Waals surface area contributed by atoms with Crippen LogP contribution in [0.5, 0.6) is 0 Å². The van der Waals surface area contributed by atoms with Gasteiger partial charge in [-0.15, -0.1) is 0 Å². The molecule has 0 unspecified atom stereocenters. The molecule has 0 N–H and O–H groups in total. The molecule has 152 valence electrons. The fourth-order valence-electron chi connectivity index (χ4n) is 3.22. The van der Waals surface area contributed by atoms with E-state index in [1.54, 1.807) is 16.1 Å². The minimum absolute atomic E-state index is 0.0344. The van der Waals surface area contributed by atoms with Crippen molar-refractivity contribution in [2.45, 2.75) is 33.0 Å². The van der Waals surface area contributed by atoms with Gasteiger partial charge in [-0.25, -0.2) is 9.78 Å². The molecule has 2 heterocycles. The second-order valence-electron chi connectivity index (χ2n) is 8.40. The SMILES string of the molecule is CN(C)Cn1cnc2cc(C(=O)N3CCN(C(=O)OC(C)(C)C)CC3)ccc21. The lowest BCUT2D eigenvalue weighted by molar-refractivity contribution is 0.0141. The molecule has 1 aromatic heterocycles. The van der Waals surface area contributed by atoms with Crippen molar-refractivity contribution in [2.75, 3.05) is 40.3 Å². The van der Waals surface area contributed by atoms with Crippen molar-refractivity contribution in [3.05, 3.63) is 30.1 Å². The zero-order valence-corrected chi connectivity index (χ0v) is 17.3. The third-order valence-corrected chi connectivity index (χ3v) is 4.52. The Hall–Kier alpha value is -2.61. The molecular formula is C20H29N5O3. The van der Waals surface area contributed by atoms with Crippen molar-refractivity contribution >= 4 is 23.0 Å². The Labute approximate surface area is 165 Å². The van der Waals surface area contributed by atoms with E-state index < -0.39 is 5.60 Å². The van der Waals surface area contributed by atoms with Crippen LogP contribution in [-0.4, -0.2) is 82.1 Å². The maximum atomic E-state index is 12.9. The molecule has 0 saturated carbocycles. The van der Waals surface area contributed by atoms with Crippen molar-refractivity contribution < 1.29 is 14.3 Å². The van der Waals surface area contributed by atoms with Crippen LogP contribution < -0.4 is 0 Å². The van der Waals surface area contributed by atoms with Crippen LogP contribution in [0, 0.1) is 0 Å². The van der Waals surface area contributed by atoms with Gasteiger partial charge in [0, 0.05) is 31.7 Å². The Kier molecular flexibility index (Phi) is 5.60. The van der Waals surface area contributed by atoms with E-state index in [1.165, 1.54) is 0 Å². The number of piperazine rings is 1. The molecule has 0 spiro atoms. The van der Waals surface area contributed by atoms with E-state index in [0.717, 1.165) is 17.7 Å². The molecule has 8 nitrogen and oxygen atoms in total. The molecule has 3 rings (SSSR count). The molecule has 8 heteroatoms. The van der Waals surface area contributed by atoms with Gasteiger partial charge in [-0.2, -0.15) is 0 Å². The predicted molar refractivity (Wildman–Crippen MR) is 107 cm³/mol. The molecule has 2 aromatic rings. The molecule has 1 saturated heterocycles. The van der Waals surface area contributed by atoms with E-state index >= 15 is 0 Å². The number of amides is 2. The average molecular weight is 387 g/mol. The van der Waals surface area contributed by atoms with Crippen molar-refractivity contribution in [2.24, 2.45) is 0 Å². The molecular weight excluding hydrogens is 358 g/mol. The first kappa shape index (κ1) is 20.1. The van der Waals surface area contributed by atoms with E-state index in [9.17, 15) is 9.59 Å². The maximum absolute atomic E-state index is 12.9. The Bertz CT molecular complexity index is 860. The number of imidazole rings is 1. The standard InChI is InChI=1S/C20H29N5O3/c1-20(2,3)28-19(27)24-10-8-23(9-11-24)18(26)15-6-7-17-16(12-15)21-13-25(17)14-22(4)5/h6-7,12-13H,8-11,14H2,1-5H3. The number of rotatable bonds is 3. The zero-order chi connectivity index (χ0) is 20.5. The van der Waals surface area contributed by atoms with Crippen molar-refractivity contribution in [3.63, 3.8) is 0 Å². The van der Waals surface area contributed by atoms with Gasteiger partial charge < -0.3 is 19.1 Å². The summed E-state index contributed by atoms with van der Waals surface area (Å²) in [5, 5.41) is 0. The number of carbonyl (C=O) groups excluding carboxylic acids is 2. The minimum Gasteiger partial charge on any atom is -0.444 e. The Balaban J connectivity index is 1.64. The van der Waals surface area contributed by atoms with Gasteiger partial charge in [0.1, 0.15) is 5.60 Å². The van der Waals surface area contributed by atoms with Crippen molar-refractivity contribution in [3.8, 4) is 0 Å². The largest absolute Gasteiger partial charge is 0.444 e. The predicted octanol–water partition coefficient (Wildman–Crippen LogP) is 2.25. The summed E-state index contributed by atoms with van der Waals surface area (Å²) in [7, 11) is 4.00. The third-order valence-electron chi connectivity index (χ3n) is 4.52. The van der Waals surface area contributed by atoms with Crippen LogP contribution in [0.3, 0.4) is 0 Å². The lowest BCUT2D eigenvalue weighted by Crippen LogP contribution is -2.51. The van der Waals surface area contributed by atoms with Gasteiger partial charge in [-0.1, -0.05) is 0 Å². The van der Waals surface area contributed by atoms with Crippen LogP contribution in [-0.2, 0) is 11.4 Å². The van der Waals surface area contributed by atoms with Crippen molar-refractivity contribution in [1.82, 2.24) is 24.3 Å². The summed E-state index contributed by atoms with van der Waals surface area (Å²) in [6.45, 7) is 8.20. The molecule has 1 aliphatic rings. The molecule has 2 amide bonds. The smallest absolute Gasteiger partial charge is 0.410 e. The summed E-state index contributed by atoms with van der Waals surface area (Å²) < 4.78 is 7.45. The van der Waals surface area contributed by atoms with Gasteiger partial charge in [0.25, 0.3) is 5.91 Å². The Morgan fingerprint density at radius 1 is 1.11 bits per heavy atom. The van der Waals surface area contributed by atoms with Crippen LogP contribution >= 0.6 is 0 Å². The number of aromatic nitrogens is 2. The molecule has 1 aliphatic heterocycles. The van der Waals surface area contributed by atoms with E-state index in [2.05, 4.69) is 9.88 Å². The molecule has 1 fully saturated rings. The number of ether oxygens (including phenoxy) is 1. The summed E-state index contributed by atoms with van der Waals surface area (Å²) in [5.41, 5.74) is 1.91. The van der Waals surface area contributed by atoms with Gasteiger partial charge in [0.2, 0.25) is 0 Å². The summed E-state index contributed by atoms with van der Waals surface area (Å²) in [4.78, 5) is 35.0. The van der Waals surface area contributed by atoms with E-state index in [-0.39, 0.29) is 12.0 Å². The number of carbonyl (C=O) groups is 2. The van der Waals surface area contributed by atoms with Gasteiger partial charge in [0.15, 0.2) is 0 Å². The topological polar surface area (TPSA) is 70.9 Å². The first-order valence-electron chi connectivity index (χ1n) is 9.51. The van der Waals surface area contributed by atoms with Crippen LogP contribution in [0.2, 0.25) is 0 Å². The van der Waals surface area contributed by atoms with Gasteiger partial charge >= 0.3 is 6.09 Å². The summed E-state index contributed by atoms with van der Waals surface area (Å²) in [6, 6.07) is 5.62. The van der Waals surface area contributed by atoms with E-state index in [4.69, 9.17) is 4.74 Å². The number of hydrogen-bond donors (Lipinski definition) is 0. The molecule has 1 aromatic carbocycles. The first-order chi connectivity index (χ1) is 13.1. The highest BCUT2D eigenvalue weighted by atomic mass is 16.6. The van der Waals surface area contributed by atoms with E-state index in [1.807, 2.05) is 57.6 Å². The molecule has 0 atom stereocenters. The van der Waals surface area contributed by atoms with Gasteiger partial charge in [0.05, 0.1) is 24.0 Å². The quantitative estimate of drug-likeness (QED) is 0.808. The van der Waals surface area contributed by atoms with Crippen LogP contribution in [0.15, 0.2) is 24.5 Å². The van der Waals surface area contributed by atoms with Crippen LogP contribution in [0.1, 0.15) is 31.1 Å². The fraction of sp³-hybridized carbons (Fsp3) is 0.550. The summed E-state index contributed by atoms with van der Waals surface area (Å²) in [5.74, 6) is -0.0344. The second-order valence-corrected chi connectivity index (χ2v) is 8.40. The van der Waals surface area contributed by atoms with Crippen LogP contribution in [0.25, 0.3) is 11.0 Å². The molecule has 0 aliphatic carbocycles. The lowest BCUT2D eigenvalue weighted by Gasteiger charge is -2.35. The van der Waals surface area contributed by atoms with Gasteiger partial charge in [-0.05, 0) is 53.1 Å². The maximum Gasteiger partial charge on any atom is 0.410 e. The third kappa shape index (κ3) is 4.62. The monoisotopic (exact) mass is 387 g/mol.